The van der Waals surface area contributed by atoms with Crippen molar-refractivity contribution in [1.29, 1.82) is 0 Å². The van der Waals surface area contributed by atoms with Gasteiger partial charge in [0.05, 0.1) is 5.69 Å². The van der Waals surface area contributed by atoms with Crippen molar-refractivity contribution >= 4 is 24.8 Å². The van der Waals surface area contributed by atoms with Crippen LogP contribution in [0.1, 0.15) is 5.69 Å². The number of benzene rings is 1. The fourth-order valence-electron chi connectivity index (χ4n) is 2.22. The Kier molecular flexibility index (Phi) is 7.02. The summed E-state index contributed by atoms with van der Waals surface area (Å²) in [6, 6.07) is 12.1. The van der Waals surface area contributed by atoms with Crippen molar-refractivity contribution in [2.24, 2.45) is 0 Å². The van der Waals surface area contributed by atoms with Crippen molar-refractivity contribution in [3.05, 3.63) is 42.1 Å². The molecule has 1 fully saturated rings. The molecule has 4 nitrogen and oxygen atoms in total. The fraction of sp³-hybridized carbons (Fsp3) is 0.357. The Labute approximate surface area is 131 Å². The van der Waals surface area contributed by atoms with E-state index in [2.05, 4.69) is 15.4 Å². The number of nitrogens with one attached hydrogen (secondary N) is 1. The number of halogens is 2. The molecular weight excluding hydrogens is 297 g/mol. The molecule has 0 atom stereocenters. The Morgan fingerprint density at radius 3 is 2.50 bits per heavy atom. The number of rotatable bonds is 3. The highest BCUT2D eigenvalue weighted by atomic mass is 35.5. The molecule has 6 heteroatoms. The summed E-state index contributed by atoms with van der Waals surface area (Å²) in [5.74, 6) is 0.848. The van der Waals surface area contributed by atoms with Crippen molar-refractivity contribution in [2.45, 2.75) is 6.54 Å². The van der Waals surface area contributed by atoms with Gasteiger partial charge in [-0.05, 0) is 0 Å². The summed E-state index contributed by atoms with van der Waals surface area (Å²) in [5, 5.41) is 7.50. The van der Waals surface area contributed by atoms with Crippen LogP contribution >= 0.6 is 24.8 Å². The molecule has 0 amide bonds. The van der Waals surface area contributed by atoms with Gasteiger partial charge in [0, 0.05) is 44.4 Å². The summed E-state index contributed by atoms with van der Waals surface area (Å²) in [7, 11) is 0. The molecule has 110 valence electrons. The van der Waals surface area contributed by atoms with Gasteiger partial charge in [0.25, 0.3) is 0 Å². The van der Waals surface area contributed by atoms with E-state index in [4.69, 9.17) is 4.52 Å². The molecule has 2 aromatic rings. The second-order valence-electron chi connectivity index (χ2n) is 4.57. The largest absolute Gasteiger partial charge is 0.356 e. The van der Waals surface area contributed by atoms with Crippen LogP contribution in [-0.2, 0) is 6.54 Å². The Hall–Kier alpha value is -1.07. The first-order valence-corrected chi connectivity index (χ1v) is 6.36. The number of piperazine rings is 1. The molecule has 0 unspecified atom stereocenters. The van der Waals surface area contributed by atoms with Crippen LogP contribution in [0.25, 0.3) is 11.3 Å². The zero-order chi connectivity index (χ0) is 12.2. The number of hydrogen-bond acceptors (Lipinski definition) is 4. The molecule has 0 bridgehead atoms. The maximum atomic E-state index is 5.40. The Balaban J connectivity index is 0.000001000. The molecule has 1 N–H and O–H groups in total. The number of hydrogen-bond donors (Lipinski definition) is 1. The zero-order valence-electron chi connectivity index (χ0n) is 11.1. The van der Waals surface area contributed by atoms with Crippen LogP contribution < -0.4 is 5.32 Å². The summed E-state index contributed by atoms with van der Waals surface area (Å²) in [6.45, 7) is 5.14. The first-order chi connectivity index (χ1) is 8.92. The van der Waals surface area contributed by atoms with Crippen molar-refractivity contribution in [3.8, 4) is 11.3 Å². The van der Waals surface area contributed by atoms with Gasteiger partial charge >= 0.3 is 0 Å². The molecular formula is C14H19Cl2N3O. The topological polar surface area (TPSA) is 41.3 Å². The molecule has 1 aromatic carbocycles. The maximum absolute atomic E-state index is 5.40. The average Bonchev–Trinajstić information content (AvgIpc) is 2.89. The number of nitrogens with zero attached hydrogens (tertiary/aromatic N) is 2. The smallest absolute Gasteiger partial charge is 0.167 e. The van der Waals surface area contributed by atoms with Crippen LogP contribution in [0.5, 0.6) is 0 Å². The third-order valence-corrected chi connectivity index (χ3v) is 3.21. The van der Waals surface area contributed by atoms with E-state index in [-0.39, 0.29) is 24.8 Å². The third-order valence-electron chi connectivity index (χ3n) is 3.21. The molecule has 1 aliphatic heterocycles. The predicted octanol–water partition coefficient (Wildman–Crippen LogP) is 2.59. The van der Waals surface area contributed by atoms with Crippen LogP contribution in [0.2, 0.25) is 0 Å². The Morgan fingerprint density at radius 2 is 1.80 bits per heavy atom. The average molecular weight is 316 g/mol. The van der Waals surface area contributed by atoms with Crippen LogP contribution in [0, 0.1) is 0 Å². The standard InChI is InChI=1S/C14H17N3O.2ClH/c1-2-4-12(5-3-1)14-10-13(16-18-14)11-17-8-6-15-7-9-17;;/h1-5,10,15H,6-9,11H2;2*1H. The second-order valence-corrected chi connectivity index (χ2v) is 4.57. The molecule has 0 radical (unpaired) electrons. The van der Waals surface area contributed by atoms with E-state index < -0.39 is 0 Å². The third kappa shape index (κ3) is 4.21. The van der Waals surface area contributed by atoms with E-state index in [0.29, 0.717) is 0 Å². The van der Waals surface area contributed by atoms with E-state index >= 15 is 0 Å². The summed E-state index contributed by atoms with van der Waals surface area (Å²) in [5.41, 5.74) is 2.09. The minimum atomic E-state index is 0. The summed E-state index contributed by atoms with van der Waals surface area (Å²) < 4.78 is 5.40. The summed E-state index contributed by atoms with van der Waals surface area (Å²) in [4.78, 5) is 2.39. The highest BCUT2D eigenvalue weighted by Gasteiger charge is 2.13. The lowest BCUT2D eigenvalue weighted by Gasteiger charge is -2.25. The first-order valence-electron chi connectivity index (χ1n) is 6.36. The van der Waals surface area contributed by atoms with E-state index in [1.54, 1.807) is 0 Å². The van der Waals surface area contributed by atoms with Gasteiger partial charge < -0.3 is 9.84 Å². The maximum Gasteiger partial charge on any atom is 0.167 e. The molecule has 20 heavy (non-hydrogen) atoms. The van der Waals surface area contributed by atoms with Gasteiger partial charge in [-0.15, -0.1) is 24.8 Å². The normalized spacial score (nSPS) is 15.2. The van der Waals surface area contributed by atoms with Crippen molar-refractivity contribution in [1.82, 2.24) is 15.4 Å². The van der Waals surface area contributed by atoms with E-state index in [1.165, 1.54) is 0 Å². The SMILES string of the molecule is Cl.Cl.c1ccc(-c2cc(CN3CCNCC3)no2)cc1. The molecule has 3 rings (SSSR count). The van der Waals surface area contributed by atoms with Crippen molar-refractivity contribution < 1.29 is 4.52 Å². The molecule has 1 aliphatic rings. The molecule has 0 aliphatic carbocycles. The lowest BCUT2D eigenvalue weighted by atomic mass is 10.1. The molecule has 1 aromatic heterocycles. The van der Waals surface area contributed by atoms with Crippen molar-refractivity contribution in [2.75, 3.05) is 26.2 Å². The lowest BCUT2D eigenvalue weighted by Crippen LogP contribution is -2.42. The summed E-state index contributed by atoms with van der Waals surface area (Å²) in [6.07, 6.45) is 0. The lowest BCUT2D eigenvalue weighted by molar-refractivity contribution is 0.227. The quantitative estimate of drug-likeness (QED) is 0.945. The van der Waals surface area contributed by atoms with Gasteiger partial charge in [0.15, 0.2) is 5.76 Å². The zero-order valence-corrected chi connectivity index (χ0v) is 12.8. The molecule has 1 saturated heterocycles. The van der Waals surface area contributed by atoms with Crippen molar-refractivity contribution in [3.63, 3.8) is 0 Å². The molecule has 0 saturated carbocycles. The van der Waals surface area contributed by atoms with E-state index in [1.807, 2.05) is 36.4 Å². The highest BCUT2D eigenvalue weighted by molar-refractivity contribution is 5.85. The minimum Gasteiger partial charge on any atom is -0.356 e. The highest BCUT2D eigenvalue weighted by Crippen LogP contribution is 2.20. The van der Waals surface area contributed by atoms with Crippen LogP contribution in [0.15, 0.2) is 40.9 Å². The number of aromatic nitrogens is 1. The minimum absolute atomic E-state index is 0. The Bertz CT molecular complexity index is 498. The van der Waals surface area contributed by atoms with Gasteiger partial charge in [-0.3, -0.25) is 4.90 Å². The van der Waals surface area contributed by atoms with Gasteiger partial charge in [-0.25, -0.2) is 0 Å². The monoisotopic (exact) mass is 315 g/mol. The van der Waals surface area contributed by atoms with Crippen LogP contribution in [0.4, 0.5) is 0 Å². The molecule has 0 spiro atoms. The van der Waals surface area contributed by atoms with Gasteiger partial charge in [0.2, 0.25) is 0 Å². The molecule has 2 heterocycles. The first kappa shape index (κ1) is 17.0. The van der Waals surface area contributed by atoms with Gasteiger partial charge in [0.1, 0.15) is 0 Å². The van der Waals surface area contributed by atoms with E-state index in [0.717, 1.165) is 49.7 Å². The van der Waals surface area contributed by atoms with Gasteiger partial charge in [-0.1, -0.05) is 35.5 Å². The Morgan fingerprint density at radius 1 is 1.10 bits per heavy atom. The van der Waals surface area contributed by atoms with Gasteiger partial charge in [-0.2, -0.15) is 0 Å². The fourth-order valence-corrected chi connectivity index (χ4v) is 2.22. The second kappa shape index (κ2) is 8.27. The van der Waals surface area contributed by atoms with Crippen LogP contribution in [0.3, 0.4) is 0 Å². The summed E-state index contributed by atoms with van der Waals surface area (Å²) >= 11 is 0. The predicted molar refractivity (Wildman–Crippen MR) is 84.6 cm³/mol. The van der Waals surface area contributed by atoms with Crippen LogP contribution in [-0.4, -0.2) is 36.2 Å². The van der Waals surface area contributed by atoms with E-state index in [9.17, 15) is 0 Å².